The smallest absolute Gasteiger partial charge is 0.202 e. The van der Waals surface area contributed by atoms with E-state index >= 15 is 0 Å². The number of rotatable bonds is 5. The molecule has 0 spiro atoms. The second kappa shape index (κ2) is 4.63. The summed E-state index contributed by atoms with van der Waals surface area (Å²) in [6.07, 6.45) is 0.312. The molecule has 0 atom stereocenters. The van der Waals surface area contributed by atoms with E-state index < -0.39 is 25.7 Å². The van der Waals surface area contributed by atoms with Gasteiger partial charge in [-0.25, -0.2) is 13.1 Å². The minimum atomic E-state index is -5.89. The van der Waals surface area contributed by atoms with E-state index in [1.165, 1.54) is 0 Å². The van der Waals surface area contributed by atoms with Crippen LogP contribution in [0.5, 0.6) is 0 Å². The largest absolute Gasteiger partial charge is 0.512 e. The Morgan fingerprint density at radius 2 is 1.60 bits per heavy atom. The van der Waals surface area contributed by atoms with Gasteiger partial charge in [0.2, 0.25) is 0 Å². The molecule has 0 aliphatic heterocycles. The van der Waals surface area contributed by atoms with Crippen LogP contribution in [0.25, 0.3) is 0 Å². The Bertz CT molecular complexity index is 398. The van der Waals surface area contributed by atoms with Gasteiger partial charge in [-0.1, -0.05) is 11.1 Å². The fourth-order valence-electron chi connectivity index (χ4n) is 0.458. The van der Waals surface area contributed by atoms with E-state index in [1.807, 2.05) is 0 Å². The molecule has 0 rings (SSSR count). The van der Waals surface area contributed by atoms with Crippen molar-refractivity contribution >= 4 is 20.2 Å². The number of hydrogen-bond donors (Lipinski definition) is 2. The van der Waals surface area contributed by atoms with Crippen LogP contribution < -0.4 is 8.85 Å². The van der Waals surface area contributed by atoms with Crippen LogP contribution in [-0.4, -0.2) is 28.9 Å². The van der Waals surface area contributed by atoms with Crippen molar-refractivity contribution in [1.82, 2.24) is 8.85 Å². The molecule has 0 aromatic carbocycles. The zero-order chi connectivity index (χ0) is 12.3. The number of nitrogens with one attached hydrogen (secondary N) is 2. The van der Waals surface area contributed by atoms with E-state index in [1.54, 1.807) is 11.6 Å². The molecule has 0 fully saturated rings. The van der Waals surface area contributed by atoms with Crippen molar-refractivity contribution in [3.63, 3.8) is 0 Å². The molecular weight excluding hydrogens is 261 g/mol. The van der Waals surface area contributed by atoms with Gasteiger partial charge in [0.1, 0.15) is 0 Å². The van der Waals surface area contributed by atoms with Crippen molar-refractivity contribution < 1.29 is 30.0 Å². The highest BCUT2D eigenvalue weighted by Gasteiger charge is 2.48. The van der Waals surface area contributed by atoms with Crippen molar-refractivity contribution in [1.29, 1.82) is 0 Å². The molecule has 15 heavy (non-hydrogen) atoms. The first kappa shape index (κ1) is 14.6. The maximum atomic E-state index is 11.7. The number of halogens is 3. The van der Waals surface area contributed by atoms with Crippen LogP contribution in [0.1, 0.15) is 13.3 Å². The van der Waals surface area contributed by atoms with Gasteiger partial charge in [0, 0.05) is 6.54 Å². The monoisotopic (exact) mass is 270 g/mol. The van der Waals surface area contributed by atoms with E-state index in [0.29, 0.717) is 10.5 Å². The van der Waals surface area contributed by atoms with Crippen LogP contribution in [0.15, 0.2) is 0 Å². The summed E-state index contributed by atoms with van der Waals surface area (Å²) < 4.78 is 79.6. The van der Waals surface area contributed by atoms with Crippen LogP contribution in [-0.2, 0) is 20.2 Å². The van der Waals surface area contributed by atoms with Gasteiger partial charge in [-0.3, -0.25) is 0 Å². The molecule has 0 aromatic heterocycles. The molecule has 0 amide bonds. The lowest BCUT2D eigenvalue weighted by molar-refractivity contribution is -0.0441. The lowest BCUT2D eigenvalue weighted by atomic mass is 10.5. The summed E-state index contributed by atoms with van der Waals surface area (Å²) in [5, 5.41) is 0. The van der Waals surface area contributed by atoms with Crippen LogP contribution in [0.4, 0.5) is 13.2 Å². The second-order valence-corrected chi connectivity index (χ2v) is 5.86. The van der Waals surface area contributed by atoms with Gasteiger partial charge < -0.3 is 0 Å². The molecule has 92 valence electrons. The van der Waals surface area contributed by atoms with E-state index in [4.69, 9.17) is 0 Å². The van der Waals surface area contributed by atoms with Gasteiger partial charge in [0.05, 0.1) is 0 Å². The molecular formula is C4H9F3N2O4S2. The highest BCUT2D eigenvalue weighted by Crippen LogP contribution is 2.21. The fraction of sp³-hybridized carbons (Fsp3) is 1.00. The highest BCUT2D eigenvalue weighted by atomic mass is 32.3. The summed E-state index contributed by atoms with van der Waals surface area (Å²) >= 11 is 0. The standard InChI is InChI=1S/C4H9F3N2O4S2/c1-2-3-8-15(12,13)9-14(10,11)4(5,6)7/h8-9H,2-3H2,1H3. The molecule has 0 aliphatic carbocycles. The quantitative estimate of drug-likeness (QED) is 0.715. The maximum absolute atomic E-state index is 11.7. The van der Waals surface area contributed by atoms with Crippen molar-refractivity contribution in [3.8, 4) is 0 Å². The van der Waals surface area contributed by atoms with Gasteiger partial charge in [0.15, 0.2) is 0 Å². The van der Waals surface area contributed by atoms with Crippen molar-refractivity contribution in [2.24, 2.45) is 0 Å². The Morgan fingerprint density at radius 3 is 1.93 bits per heavy atom. The summed E-state index contributed by atoms with van der Waals surface area (Å²) in [4.78, 5) is 0. The first-order valence-corrected chi connectivity index (χ1v) is 6.58. The summed E-state index contributed by atoms with van der Waals surface area (Å²) in [7, 11) is -10.6. The molecule has 0 unspecified atom stereocenters. The molecule has 11 heteroatoms. The molecule has 0 saturated carbocycles. The predicted molar refractivity (Wildman–Crippen MR) is 45.3 cm³/mol. The molecule has 6 nitrogen and oxygen atoms in total. The lowest BCUT2D eigenvalue weighted by Crippen LogP contribution is -2.45. The topological polar surface area (TPSA) is 92.3 Å². The summed E-state index contributed by atoms with van der Waals surface area (Å²) in [5.74, 6) is 0. The molecule has 0 aliphatic rings. The SMILES string of the molecule is CCCNS(=O)(=O)NS(=O)(=O)C(F)(F)F. The van der Waals surface area contributed by atoms with Crippen molar-refractivity contribution in [2.45, 2.75) is 18.9 Å². The van der Waals surface area contributed by atoms with Gasteiger partial charge in [-0.05, 0) is 6.42 Å². The summed E-state index contributed by atoms with van der Waals surface area (Å²) in [5.41, 5.74) is -5.66. The van der Waals surface area contributed by atoms with Crippen LogP contribution in [0.2, 0.25) is 0 Å². The minimum absolute atomic E-state index is 0.164. The molecule has 0 aromatic rings. The Kier molecular flexibility index (Phi) is 4.51. The third kappa shape index (κ3) is 4.77. The highest BCUT2D eigenvalue weighted by molar-refractivity contribution is 8.04. The summed E-state index contributed by atoms with van der Waals surface area (Å²) in [6, 6.07) is 0. The zero-order valence-corrected chi connectivity index (χ0v) is 9.13. The van der Waals surface area contributed by atoms with Gasteiger partial charge in [-0.2, -0.15) is 21.6 Å². The molecule has 0 radical (unpaired) electrons. The Morgan fingerprint density at radius 1 is 1.13 bits per heavy atom. The average molecular weight is 270 g/mol. The third-order valence-corrected chi connectivity index (χ3v) is 4.02. The van der Waals surface area contributed by atoms with Crippen molar-refractivity contribution in [2.75, 3.05) is 6.54 Å². The molecule has 0 bridgehead atoms. The van der Waals surface area contributed by atoms with E-state index in [2.05, 4.69) is 0 Å². The predicted octanol–water partition coefficient (Wildman–Crippen LogP) is -0.330. The normalized spacial score (nSPS) is 14.1. The van der Waals surface area contributed by atoms with Gasteiger partial charge in [-0.15, -0.1) is 0 Å². The summed E-state index contributed by atoms with van der Waals surface area (Å²) in [6.45, 7) is 1.39. The molecule has 2 N–H and O–H groups in total. The third-order valence-electron chi connectivity index (χ3n) is 1.07. The van der Waals surface area contributed by atoms with Crippen molar-refractivity contribution in [3.05, 3.63) is 0 Å². The average Bonchev–Trinajstić information content (AvgIpc) is 1.96. The maximum Gasteiger partial charge on any atom is 0.512 e. The Balaban J connectivity index is 4.76. The van der Waals surface area contributed by atoms with Crippen LogP contribution in [0.3, 0.4) is 0 Å². The first-order valence-electron chi connectivity index (χ1n) is 3.61. The number of sulfonamides is 1. The second-order valence-electron chi connectivity index (χ2n) is 2.43. The van der Waals surface area contributed by atoms with E-state index in [0.717, 1.165) is 0 Å². The number of alkyl halides is 3. The van der Waals surface area contributed by atoms with Crippen LogP contribution in [0, 0.1) is 0 Å². The molecule has 0 saturated heterocycles. The minimum Gasteiger partial charge on any atom is -0.202 e. The van der Waals surface area contributed by atoms with Crippen LogP contribution >= 0.6 is 0 Å². The van der Waals surface area contributed by atoms with E-state index in [-0.39, 0.29) is 6.54 Å². The first-order chi connectivity index (χ1) is 6.52. The Labute approximate surface area is 85.1 Å². The Hall–Kier alpha value is -0.390. The van der Waals surface area contributed by atoms with Gasteiger partial charge >= 0.3 is 15.5 Å². The lowest BCUT2D eigenvalue weighted by Gasteiger charge is -2.10. The fourth-order valence-corrected chi connectivity index (χ4v) is 2.70. The number of hydrogen-bond acceptors (Lipinski definition) is 4. The zero-order valence-electron chi connectivity index (χ0n) is 7.50. The molecule has 0 heterocycles. The van der Waals surface area contributed by atoms with E-state index in [9.17, 15) is 30.0 Å². The van der Waals surface area contributed by atoms with Gasteiger partial charge in [0.25, 0.3) is 10.2 Å².